The van der Waals surface area contributed by atoms with Gasteiger partial charge in [0.25, 0.3) is 0 Å². The molecule has 3 rings (SSSR count). The second kappa shape index (κ2) is 6.32. The smallest absolute Gasteiger partial charge is 0.0367 e. The predicted octanol–water partition coefficient (Wildman–Crippen LogP) is 6.08. The molecule has 0 spiro atoms. The monoisotopic (exact) mass is 317 g/mol. The molecule has 1 aliphatic carbocycles. The fourth-order valence-electron chi connectivity index (χ4n) is 3.41. The van der Waals surface area contributed by atoms with Gasteiger partial charge in [-0.2, -0.15) is 0 Å². The van der Waals surface area contributed by atoms with Crippen LogP contribution < -0.4 is 4.90 Å². The molecular formula is C23H27N. The maximum Gasteiger partial charge on any atom is 0.0367 e. The van der Waals surface area contributed by atoms with E-state index in [1.165, 1.54) is 50.2 Å². The molecule has 2 aromatic carbocycles. The highest BCUT2D eigenvalue weighted by Crippen LogP contribution is 2.38. The minimum atomic E-state index is 1.03. The van der Waals surface area contributed by atoms with Crippen LogP contribution in [-0.2, 0) is 0 Å². The Morgan fingerprint density at radius 2 is 1.50 bits per heavy atom. The molecule has 1 heteroatoms. The number of hydrogen-bond acceptors (Lipinski definition) is 1. The summed E-state index contributed by atoms with van der Waals surface area (Å²) >= 11 is 0. The molecule has 0 N–H and O–H groups in total. The summed E-state index contributed by atoms with van der Waals surface area (Å²) < 4.78 is 0. The molecule has 0 atom stereocenters. The minimum absolute atomic E-state index is 1.03. The van der Waals surface area contributed by atoms with Crippen LogP contribution in [0.2, 0.25) is 0 Å². The SMILES string of the molecule is CC1=CCC(c2ccc(N(C)C)cc2-c2ccc(C)c(C)c2C)=C1. The average Bonchev–Trinajstić information content (AvgIpc) is 2.98. The van der Waals surface area contributed by atoms with E-state index < -0.39 is 0 Å². The first-order valence-electron chi connectivity index (χ1n) is 8.64. The van der Waals surface area contributed by atoms with E-state index in [-0.39, 0.29) is 0 Å². The van der Waals surface area contributed by atoms with E-state index in [0.29, 0.717) is 0 Å². The predicted molar refractivity (Wildman–Crippen MR) is 107 cm³/mol. The van der Waals surface area contributed by atoms with Gasteiger partial charge in [0.1, 0.15) is 0 Å². The molecule has 1 nitrogen and oxygen atoms in total. The van der Waals surface area contributed by atoms with Gasteiger partial charge >= 0.3 is 0 Å². The van der Waals surface area contributed by atoms with Crippen LogP contribution in [0.3, 0.4) is 0 Å². The van der Waals surface area contributed by atoms with Gasteiger partial charge in [-0.05, 0) is 85.2 Å². The summed E-state index contributed by atoms with van der Waals surface area (Å²) in [7, 11) is 4.21. The Morgan fingerprint density at radius 3 is 2.12 bits per heavy atom. The Morgan fingerprint density at radius 1 is 0.792 bits per heavy atom. The van der Waals surface area contributed by atoms with E-state index in [2.05, 4.69) is 89.2 Å². The molecule has 1 aliphatic rings. The lowest BCUT2D eigenvalue weighted by Gasteiger charge is -2.20. The zero-order valence-corrected chi connectivity index (χ0v) is 15.7. The van der Waals surface area contributed by atoms with Gasteiger partial charge in [0.15, 0.2) is 0 Å². The Hall–Kier alpha value is -2.28. The number of aryl methyl sites for hydroxylation is 1. The Kier molecular flexibility index (Phi) is 4.36. The fourth-order valence-corrected chi connectivity index (χ4v) is 3.41. The molecule has 124 valence electrons. The van der Waals surface area contributed by atoms with Crippen molar-refractivity contribution in [1.29, 1.82) is 0 Å². The van der Waals surface area contributed by atoms with Crippen molar-refractivity contribution in [2.24, 2.45) is 0 Å². The highest BCUT2D eigenvalue weighted by atomic mass is 15.1. The zero-order chi connectivity index (χ0) is 17.4. The molecule has 24 heavy (non-hydrogen) atoms. The molecule has 0 heterocycles. The zero-order valence-electron chi connectivity index (χ0n) is 15.7. The topological polar surface area (TPSA) is 3.24 Å². The first kappa shape index (κ1) is 16.6. The lowest BCUT2D eigenvalue weighted by molar-refractivity contribution is 1.13. The largest absolute Gasteiger partial charge is 0.378 e. The van der Waals surface area contributed by atoms with Gasteiger partial charge in [0.2, 0.25) is 0 Å². The molecule has 0 bridgehead atoms. The van der Waals surface area contributed by atoms with Crippen LogP contribution in [0.15, 0.2) is 48.1 Å². The van der Waals surface area contributed by atoms with Crippen LogP contribution in [0.1, 0.15) is 35.6 Å². The van der Waals surface area contributed by atoms with Gasteiger partial charge in [-0.1, -0.05) is 35.9 Å². The lowest BCUT2D eigenvalue weighted by Crippen LogP contribution is -2.09. The number of benzene rings is 2. The summed E-state index contributed by atoms with van der Waals surface area (Å²) in [5, 5.41) is 0. The summed E-state index contributed by atoms with van der Waals surface area (Å²) in [6.07, 6.45) is 5.67. The van der Waals surface area contributed by atoms with E-state index in [1.807, 2.05) is 0 Å². The molecule has 0 amide bonds. The molecule has 0 aliphatic heterocycles. The van der Waals surface area contributed by atoms with Gasteiger partial charge in [-0.3, -0.25) is 0 Å². The van der Waals surface area contributed by atoms with Crippen molar-refractivity contribution in [3.05, 3.63) is 70.3 Å². The third kappa shape index (κ3) is 2.91. The maximum atomic E-state index is 2.33. The second-order valence-electron chi connectivity index (χ2n) is 7.13. The first-order chi connectivity index (χ1) is 11.4. The van der Waals surface area contributed by atoms with Crippen molar-refractivity contribution < 1.29 is 0 Å². The quantitative estimate of drug-likeness (QED) is 0.663. The van der Waals surface area contributed by atoms with E-state index in [1.54, 1.807) is 0 Å². The van der Waals surface area contributed by atoms with E-state index >= 15 is 0 Å². The van der Waals surface area contributed by atoms with Crippen molar-refractivity contribution in [1.82, 2.24) is 0 Å². The summed E-state index contributed by atoms with van der Waals surface area (Å²) in [6, 6.07) is 11.4. The molecule has 0 aromatic heterocycles. The fraction of sp³-hybridized carbons (Fsp3) is 0.304. The van der Waals surface area contributed by atoms with Crippen LogP contribution in [0, 0.1) is 20.8 Å². The average molecular weight is 317 g/mol. The van der Waals surface area contributed by atoms with Crippen molar-refractivity contribution in [2.45, 2.75) is 34.1 Å². The Labute approximate surface area is 146 Å². The summed E-state index contributed by atoms with van der Waals surface area (Å²) in [6.45, 7) is 8.85. The summed E-state index contributed by atoms with van der Waals surface area (Å²) in [5.41, 5.74) is 12.2. The molecule has 0 fully saturated rings. The van der Waals surface area contributed by atoms with Crippen molar-refractivity contribution in [3.63, 3.8) is 0 Å². The maximum absolute atomic E-state index is 2.33. The van der Waals surface area contributed by atoms with Crippen molar-refractivity contribution >= 4 is 11.3 Å². The number of anilines is 1. The van der Waals surface area contributed by atoms with Crippen molar-refractivity contribution in [3.8, 4) is 11.1 Å². The normalized spacial score (nSPS) is 13.8. The van der Waals surface area contributed by atoms with Crippen LogP contribution >= 0.6 is 0 Å². The molecule has 0 radical (unpaired) electrons. The Balaban J connectivity index is 2.23. The van der Waals surface area contributed by atoms with Crippen LogP contribution in [-0.4, -0.2) is 14.1 Å². The van der Waals surface area contributed by atoms with Crippen LogP contribution in [0.4, 0.5) is 5.69 Å². The standard InChI is InChI=1S/C23H27N/c1-15-7-9-19(13-15)22-12-10-20(24(5)6)14-23(22)21-11-8-16(2)17(3)18(21)4/h7-8,10-14H,9H2,1-6H3. The highest BCUT2D eigenvalue weighted by Gasteiger charge is 2.16. The molecule has 0 saturated carbocycles. The molecular weight excluding hydrogens is 290 g/mol. The van der Waals surface area contributed by atoms with E-state index in [4.69, 9.17) is 0 Å². The number of hydrogen-bond donors (Lipinski definition) is 0. The van der Waals surface area contributed by atoms with Gasteiger partial charge < -0.3 is 4.90 Å². The highest BCUT2D eigenvalue weighted by molar-refractivity contribution is 5.87. The van der Waals surface area contributed by atoms with Gasteiger partial charge in [-0.15, -0.1) is 0 Å². The molecule has 2 aromatic rings. The van der Waals surface area contributed by atoms with Crippen LogP contribution in [0.25, 0.3) is 16.7 Å². The first-order valence-corrected chi connectivity index (χ1v) is 8.64. The summed E-state index contributed by atoms with van der Waals surface area (Å²) in [4.78, 5) is 2.18. The second-order valence-corrected chi connectivity index (χ2v) is 7.13. The van der Waals surface area contributed by atoms with Gasteiger partial charge in [0, 0.05) is 19.8 Å². The van der Waals surface area contributed by atoms with E-state index in [0.717, 1.165) is 6.42 Å². The van der Waals surface area contributed by atoms with Gasteiger partial charge in [-0.25, -0.2) is 0 Å². The van der Waals surface area contributed by atoms with E-state index in [9.17, 15) is 0 Å². The number of rotatable bonds is 3. The van der Waals surface area contributed by atoms with Crippen LogP contribution in [0.5, 0.6) is 0 Å². The number of allylic oxidation sites excluding steroid dienone is 4. The lowest BCUT2D eigenvalue weighted by atomic mass is 9.88. The Bertz CT molecular complexity index is 851. The molecule has 0 saturated heterocycles. The third-order valence-electron chi connectivity index (χ3n) is 5.26. The summed E-state index contributed by atoms with van der Waals surface area (Å²) in [5.74, 6) is 0. The van der Waals surface area contributed by atoms with Gasteiger partial charge in [0.05, 0.1) is 0 Å². The third-order valence-corrected chi connectivity index (χ3v) is 5.26. The molecule has 0 unspecified atom stereocenters. The minimum Gasteiger partial charge on any atom is -0.378 e. The van der Waals surface area contributed by atoms with Crippen molar-refractivity contribution in [2.75, 3.05) is 19.0 Å². The number of nitrogens with zero attached hydrogens (tertiary/aromatic N) is 1.